The lowest BCUT2D eigenvalue weighted by Gasteiger charge is -2.20. The summed E-state index contributed by atoms with van der Waals surface area (Å²) in [6, 6.07) is 13.3. The molecule has 2 rings (SSSR count). The number of quaternary nitrogens is 1. The van der Waals surface area contributed by atoms with Gasteiger partial charge in [0.2, 0.25) is 0 Å². The van der Waals surface area contributed by atoms with E-state index in [9.17, 15) is 14.4 Å². The Morgan fingerprint density at radius 2 is 1.50 bits per heavy atom. The number of amides is 2. The van der Waals surface area contributed by atoms with Gasteiger partial charge in [-0.3, -0.25) is 14.4 Å². The fourth-order valence-corrected chi connectivity index (χ4v) is 2.55. The summed E-state index contributed by atoms with van der Waals surface area (Å²) in [4.78, 5) is 36.7. The van der Waals surface area contributed by atoms with Gasteiger partial charge in [-0.2, -0.15) is 0 Å². The minimum atomic E-state index is -0.436. The highest BCUT2D eigenvalue weighted by molar-refractivity contribution is 5.96. The van der Waals surface area contributed by atoms with E-state index in [0.29, 0.717) is 22.7 Å². The number of ketones is 1. The third-order valence-corrected chi connectivity index (χ3v) is 4.50. The van der Waals surface area contributed by atoms with E-state index in [2.05, 4.69) is 10.6 Å². The molecule has 28 heavy (non-hydrogen) atoms. The summed E-state index contributed by atoms with van der Waals surface area (Å²) in [6.45, 7) is 3.39. The zero-order valence-electron chi connectivity index (χ0n) is 16.5. The summed E-state index contributed by atoms with van der Waals surface area (Å²) in [5, 5.41) is 5.61. The van der Waals surface area contributed by atoms with Crippen molar-refractivity contribution in [1.82, 2.24) is 0 Å². The van der Waals surface area contributed by atoms with Crippen LogP contribution < -0.4 is 20.3 Å². The van der Waals surface area contributed by atoms with Crippen LogP contribution >= 0.6 is 0 Å². The molecule has 0 aliphatic rings. The van der Waals surface area contributed by atoms with Crippen molar-refractivity contribution in [3.63, 3.8) is 0 Å². The van der Waals surface area contributed by atoms with Crippen molar-refractivity contribution in [3.05, 3.63) is 54.1 Å². The molecule has 0 spiro atoms. The molecule has 3 N–H and O–H groups in total. The Morgan fingerprint density at radius 3 is 2.04 bits per heavy atom. The average molecular weight is 384 g/mol. The highest BCUT2D eigenvalue weighted by Gasteiger charge is 2.24. The number of rotatable bonds is 8. The van der Waals surface area contributed by atoms with Gasteiger partial charge in [0.05, 0.1) is 14.2 Å². The van der Waals surface area contributed by atoms with Crippen molar-refractivity contribution in [2.24, 2.45) is 0 Å². The number of carbonyl (C=O) groups is 3. The lowest BCUT2D eigenvalue weighted by Crippen LogP contribution is -3.14. The third kappa shape index (κ3) is 5.92. The Bertz CT molecular complexity index is 832. The molecular weight excluding hydrogens is 358 g/mol. The predicted octanol–water partition coefficient (Wildman–Crippen LogP) is 1.38. The second-order valence-electron chi connectivity index (χ2n) is 6.64. The Morgan fingerprint density at radius 1 is 0.964 bits per heavy atom. The number of ether oxygens (including phenoxy) is 1. The van der Waals surface area contributed by atoms with Crippen LogP contribution in [0.5, 0.6) is 5.75 Å². The van der Waals surface area contributed by atoms with Crippen LogP contribution in [0.25, 0.3) is 0 Å². The second-order valence-corrected chi connectivity index (χ2v) is 6.64. The van der Waals surface area contributed by atoms with Crippen LogP contribution in [0.4, 0.5) is 11.4 Å². The molecule has 0 aliphatic carbocycles. The van der Waals surface area contributed by atoms with E-state index < -0.39 is 6.04 Å². The van der Waals surface area contributed by atoms with E-state index in [1.165, 1.54) is 6.92 Å². The molecule has 0 heterocycles. The van der Waals surface area contributed by atoms with Crippen LogP contribution in [0, 0.1) is 0 Å². The summed E-state index contributed by atoms with van der Waals surface area (Å²) in [7, 11) is 3.37. The van der Waals surface area contributed by atoms with Crippen molar-refractivity contribution in [2.75, 3.05) is 31.3 Å². The van der Waals surface area contributed by atoms with Crippen molar-refractivity contribution in [1.29, 1.82) is 0 Å². The molecule has 2 atom stereocenters. The van der Waals surface area contributed by atoms with Crippen molar-refractivity contribution < 1.29 is 24.0 Å². The van der Waals surface area contributed by atoms with Gasteiger partial charge in [-0.1, -0.05) is 0 Å². The molecule has 2 amide bonds. The number of carbonyl (C=O) groups excluding carboxylic acids is 3. The van der Waals surface area contributed by atoms with Crippen LogP contribution in [0.15, 0.2) is 48.5 Å². The predicted molar refractivity (Wildman–Crippen MR) is 108 cm³/mol. The quantitative estimate of drug-likeness (QED) is 0.600. The first-order chi connectivity index (χ1) is 13.3. The number of nitrogens with one attached hydrogen (secondary N) is 3. The molecule has 1 unspecified atom stereocenters. The highest BCUT2D eigenvalue weighted by atomic mass is 16.5. The molecule has 148 valence electrons. The Hall–Kier alpha value is -3.19. The summed E-state index contributed by atoms with van der Waals surface area (Å²) in [5.74, 6) is 0.291. The zero-order valence-corrected chi connectivity index (χ0v) is 16.5. The topological polar surface area (TPSA) is 88.9 Å². The normalized spacial score (nSPS) is 12.6. The van der Waals surface area contributed by atoms with Gasteiger partial charge in [-0.05, 0) is 62.4 Å². The van der Waals surface area contributed by atoms with Gasteiger partial charge < -0.3 is 20.3 Å². The van der Waals surface area contributed by atoms with E-state index in [1.54, 1.807) is 69.6 Å². The molecule has 0 saturated carbocycles. The van der Waals surface area contributed by atoms with Gasteiger partial charge in [0, 0.05) is 16.9 Å². The lowest BCUT2D eigenvalue weighted by atomic mass is 10.1. The number of anilines is 2. The fraction of sp³-hybridized carbons (Fsp3) is 0.286. The van der Waals surface area contributed by atoms with Crippen molar-refractivity contribution in [3.8, 4) is 5.75 Å². The largest absolute Gasteiger partial charge is 0.497 e. The summed E-state index contributed by atoms with van der Waals surface area (Å²) >= 11 is 0. The summed E-state index contributed by atoms with van der Waals surface area (Å²) < 4.78 is 5.09. The molecule has 2 aromatic rings. The third-order valence-electron chi connectivity index (χ3n) is 4.50. The minimum absolute atomic E-state index is 0.0294. The van der Waals surface area contributed by atoms with E-state index in [0.717, 1.165) is 4.90 Å². The van der Waals surface area contributed by atoms with Gasteiger partial charge in [0.1, 0.15) is 5.75 Å². The zero-order chi connectivity index (χ0) is 20.7. The molecule has 7 nitrogen and oxygen atoms in total. The van der Waals surface area contributed by atoms with Gasteiger partial charge in [0.15, 0.2) is 18.4 Å². The first-order valence-electron chi connectivity index (χ1n) is 8.98. The molecule has 7 heteroatoms. The first-order valence-corrected chi connectivity index (χ1v) is 8.98. The molecule has 2 aromatic carbocycles. The monoisotopic (exact) mass is 384 g/mol. The Kier molecular flexibility index (Phi) is 7.28. The molecule has 0 bridgehead atoms. The number of methoxy groups -OCH3 is 1. The van der Waals surface area contributed by atoms with Crippen LogP contribution in [0.1, 0.15) is 24.2 Å². The minimum Gasteiger partial charge on any atom is -0.497 e. The van der Waals surface area contributed by atoms with E-state index in [4.69, 9.17) is 4.74 Å². The van der Waals surface area contributed by atoms with Crippen LogP contribution in [0.3, 0.4) is 0 Å². The highest BCUT2D eigenvalue weighted by Crippen LogP contribution is 2.14. The molecular formula is C21H26N3O4+. The summed E-state index contributed by atoms with van der Waals surface area (Å²) in [5.41, 5.74) is 1.86. The number of hydrogen-bond donors (Lipinski definition) is 3. The van der Waals surface area contributed by atoms with Crippen LogP contribution in [-0.2, 0) is 9.59 Å². The molecule has 0 aromatic heterocycles. The van der Waals surface area contributed by atoms with Crippen LogP contribution in [0.2, 0.25) is 0 Å². The molecule has 0 radical (unpaired) electrons. The van der Waals surface area contributed by atoms with Gasteiger partial charge in [0.25, 0.3) is 11.8 Å². The van der Waals surface area contributed by atoms with Gasteiger partial charge in [-0.25, -0.2) is 0 Å². The number of Topliss-reactive ketones (excluding diaryl/α,β-unsaturated/α-hetero) is 1. The summed E-state index contributed by atoms with van der Waals surface area (Å²) in [6.07, 6.45) is 0. The Balaban J connectivity index is 1.87. The van der Waals surface area contributed by atoms with E-state index in [-0.39, 0.29) is 24.1 Å². The first kappa shape index (κ1) is 21.1. The van der Waals surface area contributed by atoms with Crippen molar-refractivity contribution in [2.45, 2.75) is 19.9 Å². The van der Waals surface area contributed by atoms with Gasteiger partial charge in [-0.15, -0.1) is 0 Å². The number of hydrogen-bond acceptors (Lipinski definition) is 4. The molecule has 0 saturated heterocycles. The second kappa shape index (κ2) is 9.66. The smallest absolute Gasteiger partial charge is 0.282 e. The number of likely N-dealkylation sites (N-methyl/N-ethyl adjacent to an activating group) is 1. The molecule has 0 aliphatic heterocycles. The maximum Gasteiger partial charge on any atom is 0.282 e. The maximum atomic E-state index is 12.4. The average Bonchev–Trinajstić information content (AvgIpc) is 2.68. The SMILES string of the molecule is COc1ccc(NC(=O)C[NH+](C)[C@@H](C)C(=O)Nc2ccc(C(C)=O)cc2)cc1. The van der Waals surface area contributed by atoms with E-state index >= 15 is 0 Å². The van der Waals surface area contributed by atoms with Crippen LogP contribution in [-0.4, -0.2) is 44.3 Å². The molecule has 0 fully saturated rings. The maximum absolute atomic E-state index is 12.4. The lowest BCUT2D eigenvalue weighted by molar-refractivity contribution is -0.885. The number of benzene rings is 2. The Labute approximate surface area is 164 Å². The van der Waals surface area contributed by atoms with E-state index in [1.807, 2.05) is 0 Å². The standard InChI is InChI=1S/C21H25N3O4/c1-14(21(27)23-18-7-5-16(6-8-18)15(2)25)24(3)13-20(26)22-17-9-11-19(28-4)12-10-17/h5-12,14H,13H2,1-4H3,(H,22,26)(H,23,27)/p+1/t14-/m0/s1. The van der Waals surface area contributed by atoms with Gasteiger partial charge >= 0.3 is 0 Å². The fourth-order valence-electron chi connectivity index (χ4n) is 2.55. The van der Waals surface area contributed by atoms with Crippen molar-refractivity contribution >= 4 is 29.0 Å².